The van der Waals surface area contributed by atoms with Crippen LogP contribution < -0.4 is 21.3 Å². The van der Waals surface area contributed by atoms with Crippen molar-refractivity contribution in [3.63, 3.8) is 0 Å². The van der Waals surface area contributed by atoms with Crippen molar-refractivity contribution in [1.82, 2.24) is 10.6 Å². The molecule has 2 aromatic carbocycles. The average Bonchev–Trinajstić information content (AvgIpc) is 2.84. The van der Waals surface area contributed by atoms with Gasteiger partial charge in [0.15, 0.2) is 0 Å². The minimum absolute atomic E-state index is 0.0240. The van der Waals surface area contributed by atoms with Crippen molar-refractivity contribution in [2.75, 3.05) is 23.7 Å². The lowest BCUT2D eigenvalue weighted by atomic mass is 10.1. The Labute approximate surface area is 197 Å². The highest BCUT2D eigenvalue weighted by molar-refractivity contribution is 5.96. The van der Waals surface area contributed by atoms with E-state index >= 15 is 0 Å². The van der Waals surface area contributed by atoms with E-state index in [1.54, 1.807) is 60.7 Å². The zero-order valence-electron chi connectivity index (χ0n) is 18.4. The van der Waals surface area contributed by atoms with Crippen LogP contribution in [-0.4, -0.2) is 49.3 Å². The zero-order chi connectivity index (χ0) is 24.8. The minimum atomic E-state index is -1.81. The van der Waals surface area contributed by atoms with Gasteiger partial charge in [0.05, 0.1) is 0 Å². The molecule has 2 rings (SSSR count). The molecule has 2 aromatic rings. The molecule has 0 aliphatic heterocycles. The maximum absolute atomic E-state index is 12.8. The molecule has 178 valence electrons. The van der Waals surface area contributed by atoms with Crippen molar-refractivity contribution in [3.05, 3.63) is 86.0 Å². The van der Waals surface area contributed by atoms with Gasteiger partial charge in [-0.15, -0.1) is 13.2 Å². The van der Waals surface area contributed by atoms with Crippen molar-refractivity contribution >= 4 is 35.4 Å². The summed E-state index contributed by atoms with van der Waals surface area (Å²) in [5, 5.41) is 9.78. The van der Waals surface area contributed by atoms with E-state index in [4.69, 9.17) is 9.47 Å². The van der Waals surface area contributed by atoms with E-state index in [2.05, 4.69) is 34.4 Å². The fourth-order valence-electron chi connectivity index (χ4n) is 2.62. The number of benzene rings is 2. The third-order valence-corrected chi connectivity index (χ3v) is 4.14. The first-order valence-corrected chi connectivity index (χ1v) is 10.3. The Morgan fingerprint density at radius 3 is 1.35 bits per heavy atom. The summed E-state index contributed by atoms with van der Waals surface area (Å²) in [4.78, 5) is 50.5. The molecule has 10 heteroatoms. The average molecular weight is 466 g/mol. The van der Waals surface area contributed by atoms with Gasteiger partial charge in [0.1, 0.15) is 0 Å². The van der Waals surface area contributed by atoms with Gasteiger partial charge in [0, 0.05) is 24.5 Å². The number of amides is 4. The molecule has 0 aliphatic carbocycles. The fourth-order valence-corrected chi connectivity index (χ4v) is 2.62. The standard InChI is InChI=1S/C24H26N4O6/c1-3-15-25-21(29)19(33-23(31)27-17-11-7-5-8-12-17)20(22(30)26-16-4-2)34-24(32)28-18-13-9-6-10-14-18/h3-14,19-20H,1-2,15-16H2,(H,25,29)(H,26,30)(H,27,31)(H,28,32). The van der Waals surface area contributed by atoms with Crippen molar-refractivity contribution in [2.45, 2.75) is 12.2 Å². The molecule has 0 saturated carbocycles. The molecule has 0 fully saturated rings. The molecule has 0 heterocycles. The monoisotopic (exact) mass is 466 g/mol. The van der Waals surface area contributed by atoms with Gasteiger partial charge in [0.25, 0.3) is 11.8 Å². The van der Waals surface area contributed by atoms with E-state index in [9.17, 15) is 19.2 Å². The summed E-state index contributed by atoms with van der Waals surface area (Å²) < 4.78 is 10.5. The summed E-state index contributed by atoms with van der Waals surface area (Å²) in [6.07, 6.45) is -2.88. The molecular weight excluding hydrogens is 440 g/mol. The van der Waals surface area contributed by atoms with Gasteiger partial charge in [-0.1, -0.05) is 48.6 Å². The molecule has 2 atom stereocenters. The Morgan fingerprint density at radius 1 is 0.676 bits per heavy atom. The van der Waals surface area contributed by atoms with Gasteiger partial charge < -0.3 is 20.1 Å². The predicted molar refractivity (Wildman–Crippen MR) is 127 cm³/mol. The molecule has 4 N–H and O–H groups in total. The van der Waals surface area contributed by atoms with Gasteiger partial charge in [-0.3, -0.25) is 20.2 Å². The topological polar surface area (TPSA) is 135 Å². The highest BCUT2D eigenvalue weighted by Gasteiger charge is 2.40. The normalized spacial score (nSPS) is 11.6. The minimum Gasteiger partial charge on any atom is -0.431 e. The smallest absolute Gasteiger partial charge is 0.412 e. The number of nitrogens with one attached hydrogen (secondary N) is 4. The zero-order valence-corrected chi connectivity index (χ0v) is 18.4. The summed E-state index contributed by atoms with van der Waals surface area (Å²) in [6.45, 7) is 7.06. The van der Waals surface area contributed by atoms with E-state index in [0.29, 0.717) is 11.4 Å². The van der Waals surface area contributed by atoms with Crippen molar-refractivity contribution in [3.8, 4) is 0 Å². The number of ether oxygens (including phenoxy) is 2. The number of carbonyl (C=O) groups excluding carboxylic acids is 4. The van der Waals surface area contributed by atoms with Crippen LogP contribution in [0.15, 0.2) is 86.0 Å². The second kappa shape index (κ2) is 13.7. The molecule has 0 radical (unpaired) electrons. The number of carbonyl (C=O) groups is 4. The third kappa shape index (κ3) is 8.50. The van der Waals surface area contributed by atoms with Crippen LogP contribution >= 0.6 is 0 Å². The van der Waals surface area contributed by atoms with Gasteiger partial charge in [-0.05, 0) is 24.3 Å². The van der Waals surface area contributed by atoms with E-state index in [1.807, 2.05) is 0 Å². The van der Waals surface area contributed by atoms with Crippen LogP contribution in [0.1, 0.15) is 0 Å². The maximum atomic E-state index is 12.8. The number of anilines is 2. The molecule has 4 amide bonds. The SMILES string of the molecule is C=CCNC(=O)C(OC(=O)Nc1ccccc1)C(OC(=O)Nc1ccccc1)C(=O)NCC=C. The van der Waals surface area contributed by atoms with E-state index in [1.165, 1.54) is 12.2 Å². The molecule has 0 spiro atoms. The summed E-state index contributed by atoms with van der Waals surface area (Å²) in [5.74, 6) is -1.73. The van der Waals surface area contributed by atoms with Crippen molar-refractivity contribution in [1.29, 1.82) is 0 Å². The lowest BCUT2D eigenvalue weighted by Crippen LogP contribution is -2.54. The first-order chi connectivity index (χ1) is 16.4. The largest absolute Gasteiger partial charge is 0.431 e. The van der Waals surface area contributed by atoms with Crippen LogP contribution in [0, 0.1) is 0 Å². The van der Waals surface area contributed by atoms with Gasteiger partial charge in [0.2, 0.25) is 12.2 Å². The van der Waals surface area contributed by atoms with E-state index in [0.717, 1.165) is 0 Å². The molecule has 0 saturated heterocycles. The molecule has 10 nitrogen and oxygen atoms in total. The molecule has 34 heavy (non-hydrogen) atoms. The summed E-state index contributed by atoms with van der Waals surface area (Å²) >= 11 is 0. The van der Waals surface area contributed by atoms with Crippen molar-refractivity contribution < 1.29 is 28.7 Å². The fraction of sp³-hybridized carbons (Fsp3) is 0.167. The Morgan fingerprint density at radius 2 is 1.03 bits per heavy atom. The Bertz CT molecular complexity index is 916. The predicted octanol–water partition coefficient (Wildman–Crippen LogP) is 2.83. The first-order valence-electron chi connectivity index (χ1n) is 10.3. The Kier molecular flexibility index (Phi) is 10.4. The molecule has 0 aromatic heterocycles. The van der Waals surface area contributed by atoms with E-state index in [-0.39, 0.29) is 13.1 Å². The van der Waals surface area contributed by atoms with Crippen molar-refractivity contribution in [2.24, 2.45) is 0 Å². The first kappa shape index (κ1) is 25.7. The number of hydrogen-bond donors (Lipinski definition) is 4. The lowest BCUT2D eigenvalue weighted by Gasteiger charge is -2.25. The van der Waals surface area contributed by atoms with Gasteiger partial charge in [-0.2, -0.15) is 0 Å². The highest BCUT2D eigenvalue weighted by atomic mass is 16.6. The van der Waals surface area contributed by atoms with Gasteiger partial charge in [-0.25, -0.2) is 9.59 Å². The lowest BCUT2D eigenvalue weighted by molar-refractivity contribution is -0.145. The summed E-state index contributed by atoms with van der Waals surface area (Å²) in [5.41, 5.74) is 0.793. The number of rotatable bonds is 11. The van der Waals surface area contributed by atoms with Crippen LogP contribution in [0.25, 0.3) is 0 Å². The molecule has 0 bridgehead atoms. The maximum Gasteiger partial charge on any atom is 0.412 e. The van der Waals surface area contributed by atoms with Gasteiger partial charge >= 0.3 is 12.2 Å². The molecule has 2 unspecified atom stereocenters. The second-order valence-electron chi connectivity index (χ2n) is 6.70. The third-order valence-electron chi connectivity index (χ3n) is 4.14. The number of hydrogen-bond acceptors (Lipinski definition) is 6. The number of para-hydroxylation sites is 2. The van der Waals surface area contributed by atoms with Crippen LogP contribution in [0.3, 0.4) is 0 Å². The van der Waals surface area contributed by atoms with E-state index < -0.39 is 36.2 Å². The molecular formula is C24H26N4O6. The summed E-state index contributed by atoms with van der Waals surface area (Å²) in [7, 11) is 0. The quantitative estimate of drug-likeness (QED) is 0.376. The van der Waals surface area contributed by atoms with Crippen LogP contribution in [-0.2, 0) is 19.1 Å². The van der Waals surface area contributed by atoms with Crippen LogP contribution in [0.5, 0.6) is 0 Å². The Balaban J connectivity index is 2.25. The molecule has 0 aliphatic rings. The van der Waals surface area contributed by atoms with Crippen LogP contribution in [0.4, 0.5) is 21.0 Å². The van der Waals surface area contributed by atoms with Crippen LogP contribution in [0.2, 0.25) is 0 Å². The second-order valence-corrected chi connectivity index (χ2v) is 6.70. The Hall–Kier alpha value is -4.60. The highest BCUT2D eigenvalue weighted by Crippen LogP contribution is 2.13. The summed E-state index contributed by atoms with van der Waals surface area (Å²) in [6, 6.07) is 16.7.